The molecule has 2 unspecified atom stereocenters. The number of rotatable bonds is 1. The summed E-state index contributed by atoms with van der Waals surface area (Å²) in [4.78, 5) is 0. The Hall–Kier alpha value is -0.300. The normalized spacial score (nSPS) is 26.7. The molecule has 3 N–H and O–H groups in total. The van der Waals surface area contributed by atoms with E-state index in [1.807, 2.05) is 11.6 Å². The molecule has 5 heteroatoms. The molecule has 90 valence electrons. The van der Waals surface area contributed by atoms with Crippen LogP contribution in [0.5, 0.6) is 0 Å². The van der Waals surface area contributed by atoms with Crippen LogP contribution in [-0.4, -0.2) is 21.0 Å². The molecule has 2 atom stereocenters. The fourth-order valence-corrected chi connectivity index (χ4v) is 2.71. The molecule has 0 aromatic carbocycles. The van der Waals surface area contributed by atoms with Crippen molar-refractivity contribution in [2.24, 2.45) is 0 Å². The van der Waals surface area contributed by atoms with Gasteiger partial charge in [-0.25, -0.2) is 4.68 Å². The van der Waals surface area contributed by atoms with Gasteiger partial charge in [-0.1, -0.05) is 19.3 Å². The molecule has 1 aliphatic carbocycles. The molecule has 1 aromatic rings. The fraction of sp³-hybridized carbons (Fsp3) is 0.727. The van der Waals surface area contributed by atoms with Crippen LogP contribution in [0.4, 0.5) is 5.82 Å². The van der Waals surface area contributed by atoms with Crippen LogP contribution in [-0.2, 0) is 0 Å². The van der Waals surface area contributed by atoms with Crippen molar-refractivity contribution in [1.82, 2.24) is 9.78 Å². The predicted octanol–water partition coefficient (Wildman–Crippen LogP) is 2.24. The lowest BCUT2D eigenvalue weighted by Crippen LogP contribution is -2.25. The molecule has 0 saturated heterocycles. The van der Waals surface area contributed by atoms with Gasteiger partial charge in [0, 0.05) is 0 Å². The summed E-state index contributed by atoms with van der Waals surface area (Å²) in [6.07, 6.45) is 4.98. The fourth-order valence-electron chi connectivity index (χ4n) is 2.35. The van der Waals surface area contributed by atoms with Crippen LogP contribution < -0.4 is 5.73 Å². The summed E-state index contributed by atoms with van der Waals surface area (Å²) in [5.41, 5.74) is 6.98. The van der Waals surface area contributed by atoms with Gasteiger partial charge in [0.1, 0.15) is 5.82 Å². The summed E-state index contributed by atoms with van der Waals surface area (Å²) in [5.74, 6) is 0.698. The monoisotopic (exact) mass is 335 g/mol. The van der Waals surface area contributed by atoms with Gasteiger partial charge >= 0.3 is 0 Å². The number of hydrogen-bond acceptors (Lipinski definition) is 3. The zero-order valence-corrected chi connectivity index (χ0v) is 11.6. The number of nitrogens with zero attached hydrogens (tertiary/aromatic N) is 2. The zero-order chi connectivity index (χ0) is 11.7. The molecule has 4 nitrogen and oxygen atoms in total. The summed E-state index contributed by atoms with van der Waals surface area (Å²) in [7, 11) is 0. The Labute approximate surface area is 109 Å². The average molecular weight is 335 g/mol. The molecule has 1 aliphatic rings. The quantitative estimate of drug-likeness (QED) is 0.611. The topological polar surface area (TPSA) is 64.1 Å². The van der Waals surface area contributed by atoms with Crippen LogP contribution in [0.3, 0.4) is 0 Å². The average Bonchev–Trinajstić information content (AvgIpc) is 2.47. The third-order valence-corrected chi connectivity index (χ3v) is 4.64. The molecule has 0 amide bonds. The van der Waals surface area contributed by atoms with Gasteiger partial charge in [0.15, 0.2) is 0 Å². The van der Waals surface area contributed by atoms with Crippen molar-refractivity contribution in [2.75, 3.05) is 5.73 Å². The minimum Gasteiger partial charge on any atom is -0.391 e. The molecule has 1 aromatic heterocycles. The molecule has 1 fully saturated rings. The molecule has 1 saturated carbocycles. The molecule has 16 heavy (non-hydrogen) atoms. The van der Waals surface area contributed by atoms with E-state index in [4.69, 9.17) is 5.73 Å². The SMILES string of the molecule is Cc1nn(C2CCCCCC2O)c(N)c1I. The molecular formula is C11H18IN3O. The van der Waals surface area contributed by atoms with E-state index in [1.165, 1.54) is 6.42 Å². The third-order valence-electron chi connectivity index (χ3n) is 3.31. The summed E-state index contributed by atoms with van der Waals surface area (Å²) >= 11 is 2.21. The van der Waals surface area contributed by atoms with Crippen molar-refractivity contribution in [3.63, 3.8) is 0 Å². The number of hydrogen-bond donors (Lipinski definition) is 2. The van der Waals surface area contributed by atoms with Crippen LogP contribution in [0.15, 0.2) is 0 Å². The Balaban J connectivity index is 2.30. The second-order valence-corrected chi connectivity index (χ2v) is 5.58. The first-order chi connectivity index (χ1) is 7.61. The van der Waals surface area contributed by atoms with Gasteiger partial charge in [0.2, 0.25) is 0 Å². The minimum atomic E-state index is -0.306. The number of nitrogen functional groups attached to an aromatic ring is 1. The third kappa shape index (κ3) is 2.20. The first kappa shape index (κ1) is 12.2. The summed E-state index contributed by atoms with van der Waals surface area (Å²) in [6.45, 7) is 1.96. The van der Waals surface area contributed by atoms with Crippen molar-refractivity contribution in [3.05, 3.63) is 9.26 Å². The van der Waals surface area contributed by atoms with Crippen LogP contribution in [0.25, 0.3) is 0 Å². The van der Waals surface area contributed by atoms with Crippen molar-refractivity contribution < 1.29 is 5.11 Å². The number of aliphatic hydroxyl groups excluding tert-OH is 1. The number of halogens is 1. The standard InChI is InChI=1S/C11H18IN3O/c1-7-10(12)11(13)15(14-7)8-5-3-2-4-6-9(8)16/h8-9,16H,2-6,13H2,1H3. The summed E-state index contributed by atoms with van der Waals surface area (Å²) < 4.78 is 2.83. The Kier molecular flexibility index (Phi) is 3.73. The number of aromatic nitrogens is 2. The van der Waals surface area contributed by atoms with Crippen LogP contribution in [0.2, 0.25) is 0 Å². The second-order valence-electron chi connectivity index (χ2n) is 4.50. The number of aliphatic hydroxyl groups is 1. The second kappa shape index (κ2) is 4.91. The van der Waals surface area contributed by atoms with Crippen molar-refractivity contribution >= 4 is 28.4 Å². The van der Waals surface area contributed by atoms with E-state index in [-0.39, 0.29) is 12.1 Å². The highest BCUT2D eigenvalue weighted by molar-refractivity contribution is 14.1. The number of anilines is 1. The molecule has 0 radical (unpaired) electrons. The van der Waals surface area contributed by atoms with E-state index in [2.05, 4.69) is 27.7 Å². The Morgan fingerprint density at radius 1 is 1.38 bits per heavy atom. The zero-order valence-electron chi connectivity index (χ0n) is 9.49. The molecule has 2 rings (SSSR count). The Morgan fingerprint density at radius 3 is 2.69 bits per heavy atom. The van der Waals surface area contributed by atoms with Gasteiger partial charge < -0.3 is 10.8 Å². The highest BCUT2D eigenvalue weighted by Gasteiger charge is 2.26. The lowest BCUT2D eigenvalue weighted by Gasteiger charge is -2.21. The minimum absolute atomic E-state index is 0.0599. The molecule has 0 aliphatic heterocycles. The lowest BCUT2D eigenvalue weighted by atomic mass is 10.1. The Morgan fingerprint density at radius 2 is 2.06 bits per heavy atom. The van der Waals surface area contributed by atoms with E-state index in [0.29, 0.717) is 5.82 Å². The van der Waals surface area contributed by atoms with Crippen LogP contribution >= 0.6 is 22.6 Å². The van der Waals surface area contributed by atoms with Gasteiger partial charge in [-0.2, -0.15) is 5.10 Å². The van der Waals surface area contributed by atoms with Gasteiger partial charge in [-0.3, -0.25) is 0 Å². The van der Waals surface area contributed by atoms with Crippen molar-refractivity contribution in [1.29, 1.82) is 0 Å². The Bertz CT molecular complexity index is 378. The summed E-state index contributed by atoms with van der Waals surface area (Å²) in [6, 6.07) is 0.0599. The molecule has 1 heterocycles. The summed E-state index contributed by atoms with van der Waals surface area (Å²) in [5, 5.41) is 14.6. The van der Waals surface area contributed by atoms with Gasteiger partial charge in [-0.05, 0) is 42.4 Å². The number of nitrogens with two attached hydrogens (primary N) is 1. The van der Waals surface area contributed by atoms with Crippen molar-refractivity contribution in [3.8, 4) is 0 Å². The maximum atomic E-state index is 10.1. The lowest BCUT2D eigenvalue weighted by molar-refractivity contribution is 0.100. The van der Waals surface area contributed by atoms with Gasteiger partial charge in [0.25, 0.3) is 0 Å². The van der Waals surface area contributed by atoms with Gasteiger partial charge in [0.05, 0.1) is 21.4 Å². The van der Waals surface area contributed by atoms with E-state index in [0.717, 1.165) is 34.9 Å². The van der Waals surface area contributed by atoms with Gasteiger partial charge in [-0.15, -0.1) is 0 Å². The van der Waals surface area contributed by atoms with E-state index < -0.39 is 0 Å². The highest BCUT2D eigenvalue weighted by atomic mass is 127. The van der Waals surface area contributed by atoms with Crippen LogP contribution in [0.1, 0.15) is 43.8 Å². The highest BCUT2D eigenvalue weighted by Crippen LogP contribution is 2.31. The van der Waals surface area contributed by atoms with E-state index >= 15 is 0 Å². The van der Waals surface area contributed by atoms with E-state index in [9.17, 15) is 5.11 Å². The molecular weight excluding hydrogens is 317 g/mol. The molecule has 0 bridgehead atoms. The predicted molar refractivity (Wildman–Crippen MR) is 72.2 cm³/mol. The first-order valence-electron chi connectivity index (χ1n) is 5.79. The van der Waals surface area contributed by atoms with Crippen LogP contribution in [0, 0.1) is 10.5 Å². The number of aryl methyl sites for hydroxylation is 1. The first-order valence-corrected chi connectivity index (χ1v) is 6.87. The van der Waals surface area contributed by atoms with E-state index in [1.54, 1.807) is 0 Å². The maximum Gasteiger partial charge on any atom is 0.135 e. The molecule has 0 spiro atoms. The largest absolute Gasteiger partial charge is 0.391 e. The maximum absolute atomic E-state index is 10.1. The van der Waals surface area contributed by atoms with Crippen molar-refractivity contribution in [2.45, 2.75) is 51.2 Å². The smallest absolute Gasteiger partial charge is 0.135 e.